The lowest BCUT2D eigenvalue weighted by Gasteiger charge is -2.23. The van der Waals surface area contributed by atoms with Crippen LogP contribution < -0.4 is 14.8 Å². The molecule has 6 rings (SSSR count). The summed E-state index contributed by atoms with van der Waals surface area (Å²) in [5.41, 5.74) is -7.54. The van der Waals surface area contributed by atoms with Gasteiger partial charge in [-0.25, -0.2) is 65.9 Å². The lowest BCUT2D eigenvalue weighted by molar-refractivity contribution is 0.370. The van der Waals surface area contributed by atoms with Crippen LogP contribution in [-0.4, -0.2) is 7.12 Å². The topological polar surface area (TPSA) is 18.5 Å². The molecule has 0 aliphatic rings. The zero-order chi connectivity index (χ0) is 38.2. The summed E-state index contributed by atoms with van der Waals surface area (Å²) in [7, 11) is -3.66. The summed E-state index contributed by atoms with van der Waals surface area (Å²) in [5.74, 6) is -48.4. The van der Waals surface area contributed by atoms with Gasteiger partial charge >= 0.3 is 7.12 Å². The Morgan fingerprint density at radius 1 is 0.385 bits per heavy atom. The Bertz CT molecular complexity index is 2500. The third-order valence-electron chi connectivity index (χ3n) is 7.56. The smallest absolute Gasteiger partial charge is 0.520 e. The fraction of sp³-hybridized carbons (Fsp3) is 0. The van der Waals surface area contributed by atoms with E-state index in [0.717, 1.165) is 12.1 Å². The van der Waals surface area contributed by atoms with Gasteiger partial charge in [0.25, 0.3) is 0 Å². The standard InChI is InChI=1S/C32H6BF17O2/c34-9-3-1-2-7-6-8-13(19(38)12(7)9)20(39)28(47)31(50)32(8)52-33(51-11-5-4-10(35)17(36)18(11)37)16-14(21(40)25(44)29(48)24(16)43)15-22(41)26(45)30(49)27(46)23(15)42/h1-6H. The second-order valence-corrected chi connectivity index (χ2v) is 10.5. The highest BCUT2D eigenvalue weighted by Crippen LogP contribution is 2.41. The summed E-state index contributed by atoms with van der Waals surface area (Å²) in [6.07, 6.45) is 0. The molecule has 0 fully saturated rings. The van der Waals surface area contributed by atoms with Crippen LogP contribution in [-0.2, 0) is 0 Å². The van der Waals surface area contributed by atoms with Crippen molar-refractivity contribution < 1.29 is 83.9 Å². The van der Waals surface area contributed by atoms with Crippen molar-refractivity contribution in [1.29, 1.82) is 0 Å². The van der Waals surface area contributed by atoms with Crippen LogP contribution in [0.25, 0.3) is 32.7 Å². The average molecular weight is 756 g/mol. The van der Waals surface area contributed by atoms with Gasteiger partial charge in [0.2, 0.25) is 17.5 Å². The number of fused-ring (bicyclic) bond motifs is 2. The number of hydrogen-bond acceptors (Lipinski definition) is 2. The first-order valence-corrected chi connectivity index (χ1v) is 13.6. The zero-order valence-corrected chi connectivity index (χ0v) is 24.3. The van der Waals surface area contributed by atoms with Gasteiger partial charge in [0.05, 0.1) is 21.8 Å². The maximum atomic E-state index is 15.7. The molecule has 0 saturated carbocycles. The maximum Gasteiger partial charge on any atom is 0.636 e. The molecule has 0 radical (unpaired) electrons. The SMILES string of the molecule is Fc1ccc(OB(Oc2c(F)c(F)c(F)c3c(F)c4c(F)cccc4cc23)c2c(F)c(F)c(F)c(F)c2-c2c(F)c(F)c(F)c(F)c2F)c(F)c1F. The number of rotatable bonds is 6. The van der Waals surface area contributed by atoms with E-state index >= 15 is 30.7 Å². The van der Waals surface area contributed by atoms with Crippen molar-refractivity contribution in [3.05, 3.63) is 135 Å². The fourth-order valence-corrected chi connectivity index (χ4v) is 5.20. The van der Waals surface area contributed by atoms with Crippen molar-refractivity contribution in [2.24, 2.45) is 0 Å². The van der Waals surface area contributed by atoms with Gasteiger partial charge in [-0.1, -0.05) is 12.1 Å². The number of halogens is 17. The fourth-order valence-electron chi connectivity index (χ4n) is 5.20. The lowest BCUT2D eigenvalue weighted by Crippen LogP contribution is -2.47. The lowest BCUT2D eigenvalue weighted by atomic mass is 9.72. The molecule has 0 amide bonds. The average Bonchev–Trinajstić information content (AvgIpc) is 3.11. The van der Waals surface area contributed by atoms with Gasteiger partial charge < -0.3 is 9.31 Å². The Balaban J connectivity index is 1.76. The quantitative estimate of drug-likeness (QED) is 0.0554. The molecule has 0 N–H and O–H groups in total. The van der Waals surface area contributed by atoms with Gasteiger partial charge in [-0.05, 0) is 29.7 Å². The normalized spacial score (nSPS) is 11.6. The molecule has 20 heteroatoms. The molecule has 0 bridgehead atoms. The third-order valence-corrected chi connectivity index (χ3v) is 7.56. The van der Waals surface area contributed by atoms with E-state index in [1.165, 1.54) is 0 Å². The predicted octanol–water partition coefficient (Wildman–Crippen LogP) is 9.88. The van der Waals surface area contributed by atoms with Crippen LogP contribution in [0.5, 0.6) is 11.5 Å². The van der Waals surface area contributed by atoms with E-state index in [4.69, 9.17) is 9.31 Å². The molecule has 0 heterocycles. The maximum absolute atomic E-state index is 15.7. The molecule has 0 aromatic heterocycles. The van der Waals surface area contributed by atoms with Crippen LogP contribution in [0.3, 0.4) is 0 Å². The molecule has 268 valence electrons. The highest BCUT2D eigenvalue weighted by Gasteiger charge is 2.44. The molecule has 0 unspecified atom stereocenters. The Labute approximate surface area is 276 Å². The Morgan fingerprint density at radius 2 is 0.923 bits per heavy atom. The van der Waals surface area contributed by atoms with Crippen molar-refractivity contribution in [2.75, 3.05) is 0 Å². The van der Waals surface area contributed by atoms with E-state index < -0.39 is 156 Å². The molecule has 0 saturated heterocycles. The molecule has 0 atom stereocenters. The molecule has 0 spiro atoms. The number of benzene rings is 6. The van der Waals surface area contributed by atoms with E-state index in [9.17, 15) is 43.9 Å². The van der Waals surface area contributed by atoms with Gasteiger partial charge in [0.15, 0.2) is 69.8 Å². The monoisotopic (exact) mass is 756 g/mol. The van der Waals surface area contributed by atoms with Gasteiger partial charge in [-0.3, -0.25) is 0 Å². The molecule has 0 aliphatic heterocycles. The van der Waals surface area contributed by atoms with Crippen LogP contribution in [0.4, 0.5) is 74.6 Å². The predicted molar refractivity (Wildman–Crippen MR) is 146 cm³/mol. The highest BCUT2D eigenvalue weighted by atomic mass is 19.2. The molecule has 6 aromatic rings. The second kappa shape index (κ2) is 12.8. The minimum atomic E-state index is -3.66. The van der Waals surface area contributed by atoms with Crippen molar-refractivity contribution >= 4 is 34.1 Å². The molecule has 52 heavy (non-hydrogen) atoms. The van der Waals surface area contributed by atoms with Crippen LogP contribution in [0.2, 0.25) is 0 Å². The minimum absolute atomic E-state index is 0.0571. The van der Waals surface area contributed by atoms with E-state index in [-0.39, 0.29) is 12.1 Å². The third kappa shape index (κ3) is 5.29. The summed E-state index contributed by atoms with van der Waals surface area (Å²) in [6, 6.07) is 3.11. The summed E-state index contributed by atoms with van der Waals surface area (Å²) < 4.78 is 261. The van der Waals surface area contributed by atoms with Crippen LogP contribution in [0.15, 0.2) is 36.4 Å². The molecule has 0 aliphatic carbocycles. The first-order chi connectivity index (χ1) is 24.4. The van der Waals surface area contributed by atoms with Crippen LogP contribution in [0, 0.1) is 98.9 Å². The molecule has 6 aromatic carbocycles. The number of hydrogen-bond donors (Lipinski definition) is 0. The summed E-state index contributed by atoms with van der Waals surface area (Å²) in [6.45, 7) is 0. The van der Waals surface area contributed by atoms with Crippen LogP contribution >= 0.6 is 0 Å². The van der Waals surface area contributed by atoms with Crippen molar-refractivity contribution in [3.63, 3.8) is 0 Å². The highest BCUT2D eigenvalue weighted by molar-refractivity contribution is 6.64. The van der Waals surface area contributed by atoms with Gasteiger partial charge in [0.1, 0.15) is 23.1 Å². The van der Waals surface area contributed by atoms with Gasteiger partial charge in [0, 0.05) is 10.9 Å². The van der Waals surface area contributed by atoms with Crippen LogP contribution in [0.1, 0.15) is 0 Å². The minimum Gasteiger partial charge on any atom is -0.520 e. The van der Waals surface area contributed by atoms with E-state index in [1.54, 1.807) is 0 Å². The van der Waals surface area contributed by atoms with Crippen molar-refractivity contribution in [3.8, 4) is 22.6 Å². The molecule has 2 nitrogen and oxygen atoms in total. The van der Waals surface area contributed by atoms with Gasteiger partial charge in [-0.15, -0.1) is 0 Å². The first kappa shape index (κ1) is 36.1. The summed E-state index contributed by atoms with van der Waals surface area (Å²) in [5, 5.41) is -4.63. The Hall–Kier alpha value is -5.69. The summed E-state index contributed by atoms with van der Waals surface area (Å²) >= 11 is 0. The van der Waals surface area contributed by atoms with Gasteiger partial charge in [-0.2, -0.15) is 8.78 Å². The molecular formula is C32H6BF17O2. The van der Waals surface area contributed by atoms with Crippen molar-refractivity contribution in [2.45, 2.75) is 0 Å². The van der Waals surface area contributed by atoms with E-state index in [1.807, 2.05) is 0 Å². The van der Waals surface area contributed by atoms with E-state index in [2.05, 4.69) is 0 Å². The largest absolute Gasteiger partial charge is 0.636 e. The van der Waals surface area contributed by atoms with E-state index in [0.29, 0.717) is 12.1 Å². The summed E-state index contributed by atoms with van der Waals surface area (Å²) in [4.78, 5) is 0. The Morgan fingerprint density at radius 3 is 1.54 bits per heavy atom. The molecular weight excluding hydrogens is 750 g/mol. The second-order valence-electron chi connectivity index (χ2n) is 10.5. The van der Waals surface area contributed by atoms with Crippen molar-refractivity contribution in [1.82, 2.24) is 0 Å². The Kier molecular flexibility index (Phi) is 8.90. The zero-order valence-electron chi connectivity index (χ0n) is 24.3. The first-order valence-electron chi connectivity index (χ1n) is 13.6.